The van der Waals surface area contributed by atoms with Gasteiger partial charge in [0, 0.05) is 11.5 Å². The van der Waals surface area contributed by atoms with Gasteiger partial charge < -0.3 is 4.57 Å². The maximum atomic E-state index is 13.6. The molecule has 2 rings (SSSR count). The van der Waals surface area contributed by atoms with Crippen LogP contribution in [0.15, 0.2) is 48.5 Å². The second-order valence-electron chi connectivity index (χ2n) is 6.68. The summed E-state index contributed by atoms with van der Waals surface area (Å²) in [5.74, 6) is -0.401. The Balaban J connectivity index is 2.84. The van der Waals surface area contributed by atoms with Crippen LogP contribution < -0.4 is 5.30 Å². The largest absolute Gasteiger partial charge is 0.417 e. The number of hydrogen-bond acceptors (Lipinski definition) is 2. The van der Waals surface area contributed by atoms with Crippen molar-refractivity contribution in [2.45, 2.75) is 26.2 Å². The maximum Gasteiger partial charge on any atom is 0.417 e. The monoisotopic (exact) mass is 422 g/mol. The Morgan fingerprint density at radius 1 is 0.857 bits per heavy atom. The van der Waals surface area contributed by atoms with Gasteiger partial charge in [-0.3, -0.25) is 4.79 Å². The van der Waals surface area contributed by atoms with Crippen molar-refractivity contribution in [3.8, 4) is 0 Å². The summed E-state index contributed by atoms with van der Waals surface area (Å²) < 4.78 is 94.1. The Labute approximate surface area is 157 Å². The first-order valence-electron chi connectivity index (χ1n) is 8.25. The van der Waals surface area contributed by atoms with E-state index < -0.39 is 47.6 Å². The summed E-state index contributed by atoms with van der Waals surface area (Å²) in [5.41, 5.74) is -6.71. The highest BCUT2D eigenvalue weighted by molar-refractivity contribution is 7.87. The molecule has 0 heterocycles. The van der Waals surface area contributed by atoms with E-state index in [0.717, 1.165) is 0 Å². The van der Waals surface area contributed by atoms with Crippen LogP contribution in [0.4, 0.5) is 26.3 Å². The summed E-state index contributed by atoms with van der Waals surface area (Å²) >= 11 is 0. The molecule has 0 fully saturated rings. The third kappa shape index (κ3) is 4.49. The van der Waals surface area contributed by atoms with Crippen molar-refractivity contribution in [2.75, 3.05) is 6.16 Å². The smallest absolute Gasteiger partial charge is 0.310 e. The minimum absolute atomic E-state index is 0.0706. The van der Waals surface area contributed by atoms with Crippen LogP contribution >= 0.6 is 7.14 Å². The van der Waals surface area contributed by atoms with Gasteiger partial charge >= 0.3 is 12.4 Å². The van der Waals surface area contributed by atoms with Crippen LogP contribution in [0.2, 0.25) is 0 Å². The predicted molar refractivity (Wildman–Crippen MR) is 94.2 cm³/mol. The van der Waals surface area contributed by atoms with Crippen LogP contribution in [-0.4, -0.2) is 11.7 Å². The van der Waals surface area contributed by atoms with Crippen molar-refractivity contribution in [3.05, 3.63) is 65.2 Å². The number of alkyl halides is 6. The molecule has 0 aliphatic heterocycles. The lowest BCUT2D eigenvalue weighted by Crippen LogP contribution is -2.24. The van der Waals surface area contributed by atoms with E-state index in [0.29, 0.717) is 18.2 Å². The Morgan fingerprint density at radius 2 is 1.32 bits per heavy atom. The van der Waals surface area contributed by atoms with Crippen molar-refractivity contribution in [1.29, 1.82) is 0 Å². The second kappa shape index (κ2) is 7.74. The molecule has 0 N–H and O–H groups in total. The zero-order chi connectivity index (χ0) is 21.3. The van der Waals surface area contributed by atoms with Gasteiger partial charge in [-0.05, 0) is 18.1 Å². The van der Waals surface area contributed by atoms with E-state index in [1.165, 1.54) is 24.3 Å². The molecule has 0 aliphatic rings. The standard InChI is InChI=1S/C19H17F6O2P/c1-12(2)11-28(27,13-7-4-3-5-8-13)17(26)16-14(18(20,21)22)9-6-10-15(16)19(23,24)25/h3-10,12H,11H2,1-2H3. The SMILES string of the molecule is CC(C)CP(=O)(C(=O)c1c(C(F)(F)F)cccc1C(F)(F)F)c1ccccc1. The van der Waals surface area contributed by atoms with Crippen molar-refractivity contribution in [2.24, 2.45) is 5.92 Å². The number of carbonyl (C=O) groups excluding carboxylic acids is 1. The van der Waals surface area contributed by atoms with Crippen LogP contribution in [0.5, 0.6) is 0 Å². The molecule has 0 spiro atoms. The number of benzene rings is 2. The third-order valence-corrected chi connectivity index (χ3v) is 7.27. The highest BCUT2D eigenvalue weighted by Gasteiger charge is 2.47. The fourth-order valence-corrected chi connectivity index (χ4v) is 5.82. The highest BCUT2D eigenvalue weighted by Crippen LogP contribution is 2.53. The summed E-state index contributed by atoms with van der Waals surface area (Å²) in [6, 6.07) is 8.33. The van der Waals surface area contributed by atoms with Gasteiger partial charge in [-0.15, -0.1) is 0 Å². The predicted octanol–water partition coefficient (Wildman–Crippen LogP) is 6.21. The van der Waals surface area contributed by atoms with Gasteiger partial charge in [-0.2, -0.15) is 26.3 Å². The first-order chi connectivity index (χ1) is 12.8. The molecule has 0 aliphatic carbocycles. The van der Waals surface area contributed by atoms with Crippen molar-refractivity contribution in [3.63, 3.8) is 0 Å². The molecule has 2 aromatic carbocycles. The molecule has 28 heavy (non-hydrogen) atoms. The molecule has 9 heteroatoms. The Hall–Kier alpha value is -2.08. The highest BCUT2D eigenvalue weighted by atomic mass is 31.2. The molecule has 1 atom stereocenters. The second-order valence-corrected chi connectivity index (χ2v) is 9.45. The summed E-state index contributed by atoms with van der Waals surface area (Å²) in [6.07, 6.45) is -10.8. The van der Waals surface area contributed by atoms with E-state index in [-0.39, 0.29) is 11.5 Å². The summed E-state index contributed by atoms with van der Waals surface area (Å²) in [4.78, 5) is 13.1. The molecule has 0 saturated heterocycles. The number of halogens is 6. The van der Waals surface area contributed by atoms with Gasteiger partial charge in [-0.1, -0.05) is 50.2 Å². The molecular weight excluding hydrogens is 405 g/mol. The molecule has 1 unspecified atom stereocenters. The van der Waals surface area contributed by atoms with Gasteiger partial charge in [0.25, 0.3) is 0 Å². The molecule has 0 radical (unpaired) electrons. The molecule has 152 valence electrons. The Bertz CT molecular complexity index is 869. The van der Waals surface area contributed by atoms with Crippen LogP contribution in [0.1, 0.15) is 35.3 Å². The molecule has 0 saturated carbocycles. The molecular formula is C19H17F6O2P. The Kier molecular flexibility index (Phi) is 6.14. The lowest BCUT2D eigenvalue weighted by atomic mass is 10.0. The molecule has 0 aromatic heterocycles. The zero-order valence-corrected chi connectivity index (χ0v) is 15.8. The van der Waals surface area contributed by atoms with Crippen molar-refractivity contribution in [1.82, 2.24) is 0 Å². The fraction of sp³-hybridized carbons (Fsp3) is 0.316. The van der Waals surface area contributed by atoms with E-state index in [2.05, 4.69) is 0 Å². The van der Waals surface area contributed by atoms with E-state index in [4.69, 9.17) is 0 Å². The van der Waals surface area contributed by atoms with Gasteiger partial charge in [0.15, 0.2) is 7.14 Å². The van der Waals surface area contributed by atoms with E-state index in [1.807, 2.05) is 0 Å². The summed E-state index contributed by atoms with van der Waals surface area (Å²) in [7, 11) is -4.27. The number of hydrogen-bond donors (Lipinski definition) is 0. The van der Waals surface area contributed by atoms with Crippen LogP contribution in [-0.2, 0) is 16.9 Å². The van der Waals surface area contributed by atoms with Gasteiger partial charge in [-0.25, -0.2) is 0 Å². The Morgan fingerprint density at radius 3 is 1.71 bits per heavy atom. The van der Waals surface area contributed by atoms with Crippen molar-refractivity contribution >= 4 is 18.0 Å². The first-order valence-corrected chi connectivity index (χ1v) is 10.1. The number of carbonyl (C=O) groups is 1. The summed E-state index contributed by atoms with van der Waals surface area (Å²) in [6.45, 7) is 3.17. The van der Waals surface area contributed by atoms with Gasteiger partial charge in [0.05, 0.1) is 16.7 Å². The fourth-order valence-electron chi connectivity index (χ4n) is 2.92. The topological polar surface area (TPSA) is 34.1 Å². The van der Waals surface area contributed by atoms with Gasteiger partial charge in [0.2, 0.25) is 5.52 Å². The number of rotatable bonds is 5. The van der Waals surface area contributed by atoms with Crippen LogP contribution in [0.3, 0.4) is 0 Å². The summed E-state index contributed by atoms with van der Waals surface area (Å²) in [5, 5.41) is -0.0706. The minimum Gasteiger partial charge on any atom is -0.310 e. The quantitative estimate of drug-likeness (QED) is 0.424. The lowest BCUT2D eigenvalue weighted by Gasteiger charge is -2.24. The van der Waals surface area contributed by atoms with Crippen molar-refractivity contribution < 1.29 is 35.7 Å². The average Bonchev–Trinajstić information content (AvgIpc) is 2.59. The van der Waals surface area contributed by atoms with Crippen LogP contribution in [0.25, 0.3) is 0 Å². The normalized spacial score (nSPS) is 14.8. The lowest BCUT2D eigenvalue weighted by molar-refractivity contribution is -0.143. The third-order valence-electron chi connectivity index (χ3n) is 4.01. The van der Waals surface area contributed by atoms with Crippen LogP contribution in [0, 0.1) is 5.92 Å². The van der Waals surface area contributed by atoms with Gasteiger partial charge in [0.1, 0.15) is 0 Å². The average molecular weight is 422 g/mol. The zero-order valence-electron chi connectivity index (χ0n) is 14.9. The van der Waals surface area contributed by atoms with E-state index in [1.54, 1.807) is 19.9 Å². The molecule has 2 nitrogen and oxygen atoms in total. The minimum atomic E-state index is -5.22. The molecule has 2 aromatic rings. The molecule has 0 amide bonds. The van der Waals surface area contributed by atoms with E-state index >= 15 is 0 Å². The first kappa shape index (κ1) is 22.2. The van der Waals surface area contributed by atoms with E-state index in [9.17, 15) is 35.7 Å². The molecule has 0 bridgehead atoms. The maximum absolute atomic E-state index is 13.6.